The first-order chi connectivity index (χ1) is 11.6. The van der Waals surface area contributed by atoms with E-state index in [1.807, 2.05) is 17.0 Å². The number of hydrogen-bond acceptors (Lipinski definition) is 4. The second-order valence-electron chi connectivity index (χ2n) is 6.57. The Balaban J connectivity index is 1.56. The summed E-state index contributed by atoms with van der Waals surface area (Å²) in [6, 6.07) is 5.61. The second kappa shape index (κ2) is 6.63. The Morgan fingerprint density at radius 1 is 1.50 bits per heavy atom. The number of carbonyl (C=O) groups is 2. The zero-order valence-electron chi connectivity index (χ0n) is 14.0. The molecule has 0 radical (unpaired) electrons. The first-order valence-corrected chi connectivity index (χ1v) is 8.27. The van der Waals surface area contributed by atoms with E-state index in [1.165, 1.54) is 6.08 Å². The lowest BCUT2D eigenvalue weighted by atomic mass is 10.0. The van der Waals surface area contributed by atoms with Crippen LogP contribution in [-0.4, -0.2) is 47.9 Å². The molecule has 1 unspecified atom stereocenters. The van der Waals surface area contributed by atoms with Crippen molar-refractivity contribution in [3.05, 3.63) is 36.5 Å². The van der Waals surface area contributed by atoms with Crippen LogP contribution in [0.4, 0.5) is 0 Å². The summed E-state index contributed by atoms with van der Waals surface area (Å²) < 4.78 is 5.10. The number of rotatable bonds is 6. The first-order valence-electron chi connectivity index (χ1n) is 8.27. The van der Waals surface area contributed by atoms with Crippen LogP contribution in [0.25, 0.3) is 0 Å². The molecule has 1 saturated heterocycles. The Labute approximate surface area is 141 Å². The molecule has 1 aliphatic heterocycles. The summed E-state index contributed by atoms with van der Waals surface area (Å²) in [5.41, 5.74) is 0.933. The van der Waals surface area contributed by atoms with E-state index in [4.69, 9.17) is 4.74 Å². The van der Waals surface area contributed by atoms with Gasteiger partial charge in [0.25, 0.3) is 0 Å². The number of ether oxygens (including phenoxy) is 1. The van der Waals surface area contributed by atoms with E-state index in [1.54, 1.807) is 13.2 Å². The standard InChI is InChI=1S/C18H23N3O3/c1-3-15(22)20-14-11-21(12-18(14)9-10-18)17(23)8-7-13-5-4-6-16(19-13)24-2/h3-6,14H,1,7-12H2,2H3,(H,20,22). The minimum Gasteiger partial charge on any atom is -0.481 e. The zero-order chi connectivity index (χ0) is 17.2. The molecule has 0 aromatic carbocycles. The second-order valence-corrected chi connectivity index (χ2v) is 6.57. The molecule has 1 atom stereocenters. The summed E-state index contributed by atoms with van der Waals surface area (Å²) in [7, 11) is 1.58. The van der Waals surface area contributed by atoms with Crippen molar-refractivity contribution >= 4 is 11.8 Å². The molecule has 128 valence electrons. The predicted molar refractivity (Wildman–Crippen MR) is 89.5 cm³/mol. The molecule has 2 fully saturated rings. The molecular weight excluding hydrogens is 306 g/mol. The van der Waals surface area contributed by atoms with Crippen LogP contribution in [0.15, 0.2) is 30.9 Å². The molecule has 1 saturated carbocycles. The lowest BCUT2D eigenvalue weighted by Gasteiger charge is -2.17. The fourth-order valence-electron chi connectivity index (χ4n) is 3.36. The maximum absolute atomic E-state index is 12.5. The molecule has 1 aromatic heterocycles. The minimum absolute atomic E-state index is 0.0434. The van der Waals surface area contributed by atoms with Crippen LogP contribution in [-0.2, 0) is 16.0 Å². The molecule has 24 heavy (non-hydrogen) atoms. The van der Waals surface area contributed by atoms with Crippen molar-refractivity contribution in [3.63, 3.8) is 0 Å². The highest BCUT2D eigenvalue weighted by atomic mass is 16.5. The molecule has 2 aliphatic rings. The van der Waals surface area contributed by atoms with Gasteiger partial charge in [-0.05, 0) is 31.4 Å². The number of nitrogens with zero attached hydrogens (tertiary/aromatic N) is 2. The van der Waals surface area contributed by atoms with E-state index < -0.39 is 0 Å². The van der Waals surface area contributed by atoms with Crippen molar-refractivity contribution in [3.8, 4) is 5.88 Å². The lowest BCUT2D eigenvalue weighted by Crippen LogP contribution is -2.41. The molecular formula is C18H23N3O3. The first kappa shape index (κ1) is 16.5. The van der Waals surface area contributed by atoms with Crippen LogP contribution in [0.5, 0.6) is 5.88 Å². The summed E-state index contributed by atoms with van der Waals surface area (Å²) in [5, 5.41) is 2.98. The number of hydrogen-bond donors (Lipinski definition) is 1. The number of methoxy groups -OCH3 is 1. The van der Waals surface area contributed by atoms with E-state index >= 15 is 0 Å². The van der Waals surface area contributed by atoms with Crippen LogP contribution in [0.3, 0.4) is 0 Å². The average Bonchev–Trinajstić information content (AvgIpc) is 3.29. The van der Waals surface area contributed by atoms with Crippen molar-refractivity contribution in [2.45, 2.75) is 31.7 Å². The molecule has 1 aliphatic carbocycles. The van der Waals surface area contributed by atoms with Crippen molar-refractivity contribution in [2.75, 3.05) is 20.2 Å². The van der Waals surface area contributed by atoms with Gasteiger partial charge in [0, 0.05) is 36.7 Å². The highest BCUT2D eigenvalue weighted by molar-refractivity contribution is 5.87. The fraction of sp³-hybridized carbons (Fsp3) is 0.500. The van der Waals surface area contributed by atoms with Gasteiger partial charge >= 0.3 is 0 Å². The van der Waals surface area contributed by atoms with E-state index in [-0.39, 0.29) is 23.3 Å². The van der Waals surface area contributed by atoms with E-state index in [0.29, 0.717) is 25.3 Å². The van der Waals surface area contributed by atoms with Crippen LogP contribution in [0.2, 0.25) is 0 Å². The molecule has 6 heteroatoms. The average molecular weight is 329 g/mol. The third-order valence-electron chi connectivity index (χ3n) is 4.98. The number of aryl methyl sites for hydroxylation is 1. The molecule has 2 amide bonds. The van der Waals surface area contributed by atoms with Gasteiger partial charge in [0.15, 0.2) is 0 Å². The number of pyridine rings is 1. The van der Waals surface area contributed by atoms with Gasteiger partial charge in [-0.25, -0.2) is 4.98 Å². The summed E-state index contributed by atoms with van der Waals surface area (Å²) in [6.45, 7) is 4.82. The van der Waals surface area contributed by atoms with Crippen LogP contribution >= 0.6 is 0 Å². The van der Waals surface area contributed by atoms with Gasteiger partial charge in [0.1, 0.15) is 0 Å². The van der Waals surface area contributed by atoms with Crippen LogP contribution in [0.1, 0.15) is 25.0 Å². The number of aromatic nitrogens is 1. The Bertz CT molecular complexity index is 655. The van der Waals surface area contributed by atoms with Gasteiger partial charge in [-0.2, -0.15) is 0 Å². The maximum atomic E-state index is 12.5. The largest absolute Gasteiger partial charge is 0.481 e. The SMILES string of the molecule is C=CC(=O)NC1CN(C(=O)CCc2cccc(OC)n2)CC12CC2. The normalized spacial score (nSPS) is 20.7. The third kappa shape index (κ3) is 3.42. The summed E-state index contributed by atoms with van der Waals surface area (Å²) in [4.78, 5) is 30.3. The van der Waals surface area contributed by atoms with E-state index in [0.717, 1.165) is 25.1 Å². The third-order valence-corrected chi connectivity index (χ3v) is 4.98. The Morgan fingerprint density at radius 2 is 2.29 bits per heavy atom. The molecule has 1 spiro atoms. The van der Waals surface area contributed by atoms with Gasteiger partial charge in [-0.3, -0.25) is 9.59 Å². The number of likely N-dealkylation sites (tertiary alicyclic amines) is 1. The van der Waals surface area contributed by atoms with E-state index in [9.17, 15) is 9.59 Å². The number of amides is 2. The maximum Gasteiger partial charge on any atom is 0.243 e. The fourth-order valence-corrected chi connectivity index (χ4v) is 3.36. The molecule has 0 bridgehead atoms. The van der Waals surface area contributed by atoms with Crippen molar-refractivity contribution in [2.24, 2.45) is 5.41 Å². The molecule has 3 rings (SSSR count). The number of nitrogens with one attached hydrogen (secondary N) is 1. The Kier molecular flexibility index (Phi) is 4.55. The topological polar surface area (TPSA) is 71.5 Å². The monoisotopic (exact) mass is 329 g/mol. The van der Waals surface area contributed by atoms with Gasteiger partial charge in [-0.1, -0.05) is 12.6 Å². The van der Waals surface area contributed by atoms with Crippen LogP contribution in [0, 0.1) is 5.41 Å². The van der Waals surface area contributed by atoms with Crippen molar-refractivity contribution in [1.82, 2.24) is 15.2 Å². The molecule has 6 nitrogen and oxygen atoms in total. The summed E-state index contributed by atoms with van der Waals surface area (Å²) in [6.07, 6.45) is 4.42. The zero-order valence-corrected chi connectivity index (χ0v) is 14.0. The van der Waals surface area contributed by atoms with Gasteiger partial charge in [0.05, 0.1) is 13.2 Å². The molecule has 2 heterocycles. The highest BCUT2D eigenvalue weighted by Crippen LogP contribution is 2.52. The summed E-state index contributed by atoms with van der Waals surface area (Å²) in [5.74, 6) is 0.507. The van der Waals surface area contributed by atoms with E-state index in [2.05, 4.69) is 16.9 Å². The Hall–Kier alpha value is -2.37. The van der Waals surface area contributed by atoms with Gasteiger partial charge in [0.2, 0.25) is 17.7 Å². The van der Waals surface area contributed by atoms with Gasteiger partial charge in [-0.15, -0.1) is 0 Å². The molecule has 1 aromatic rings. The molecule has 1 N–H and O–H groups in total. The highest BCUT2D eigenvalue weighted by Gasteiger charge is 2.56. The number of carbonyl (C=O) groups excluding carboxylic acids is 2. The quantitative estimate of drug-likeness (QED) is 0.799. The van der Waals surface area contributed by atoms with Crippen LogP contribution < -0.4 is 10.1 Å². The van der Waals surface area contributed by atoms with Gasteiger partial charge < -0.3 is 15.0 Å². The Morgan fingerprint density at radius 3 is 2.96 bits per heavy atom. The lowest BCUT2D eigenvalue weighted by molar-refractivity contribution is -0.130. The van der Waals surface area contributed by atoms with Crippen molar-refractivity contribution < 1.29 is 14.3 Å². The minimum atomic E-state index is -0.166. The van der Waals surface area contributed by atoms with Crippen molar-refractivity contribution in [1.29, 1.82) is 0 Å². The predicted octanol–water partition coefficient (Wildman–Crippen LogP) is 1.32. The summed E-state index contributed by atoms with van der Waals surface area (Å²) >= 11 is 0. The smallest absolute Gasteiger partial charge is 0.243 e.